The van der Waals surface area contributed by atoms with Crippen LogP contribution in [0.5, 0.6) is 0 Å². The van der Waals surface area contributed by atoms with Gasteiger partial charge in [0.25, 0.3) is 5.56 Å². The Kier molecular flexibility index (Phi) is 4.56. The highest BCUT2D eigenvalue weighted by Gasteiger charge is 2.15. The molecule has 2 N–H and O–H groups in total. The predicted molar refractivity (Wildman–Crippen MR) is 111 cm³/mol. The molecule has 0 fully saturated rings. The summed E-state index contributed by atoms with van der Waals surface area (Å²) in [4.78, 5) is 13.5. The molecular weight excluding hydrogens is 348 g/mol. The van der Waals surface area contributed by atoms with Crippen molar-refractivity contribution in [1.29, 1.82) is 0 Å². The van der Waals surface area contributed by atoms with E-state index < -0.39 is 0 Å². The van der Waals surface area contributed by atoms with Gasteiger partial charge in [0.05, 0.1) is 17.1 Å². The maximum atomic E-state index is 13.5. The zero-order valence-electron chi connectivity index (χ0n) is 15.8. The van der Waals surface area contributed by atoms with Gasteiger partial charge in [0.15, 0.2) is 0 Å². The maximum absolute atomic E-state index is 13.5. The molecule has 2 aromatic heterocycles. The van der Waals surface area contributed by atoms with Gasteiger partial charge in [-0.15, -0.1) is 0 Å². The number of rotatable bonds is 2. The average molecular weight is 368 g/mol. The van der Waals surface area contributed by atoms with Crippen molar-refractivity contribution in [2.45, 2.75) is 13.0 Å². The minimum atomic E-state index is -0.289. The Morgan fingerprint density at radius 1 is 1.07 bits per heavy atom. The van der Waals surface area contributed by atoms with Gasteiger partial charge >= 0.3 is 0 Å². The van der Waals surface area contributed by atoms with Crippen LogP contribution in [0.25, 0.3) is 16.5 Å². The highest BCUT2D eigenvalue weighted by Crippen LogP contribution is 2.22. The van der Waals surface area contributed by atoms with Crippen LogP contribution in [-0.2, 0) is 7.05 Å². The summed E-state index contributed by atoms with van der Waals surface area (Å²) in [5.41, 5.74) is 9.11. The van der Waals surface area contributed by atoms with Gasteiger partial charge in [0.1, 0.15) is 0 Å². The van der Waals surface area contributed by atoms with Crippen molar-refractivity contribution in [2.75, 3.05) is 0 Å². The quantitative estimate of drug-likeness (QED) is 0.553. The molecule has 0 aliphatic rings. The Bertz CT molecular complexity index is 1270. The smallest absolute Gasteiger partial charge is 0.264 e. The first kappa shape index (κ1) is 17.8. The third-order valence-corrected chi connectivity index (χ3v) is 4.60. The van der Waals surface area contributed by atoms with E-state index in [0.29, 0.717) is 10.9 Å². The minimum Gasteiger partial charge on any atom is -0.323 e. The van der Waals surface area contributed by atoms with Crippen LogP contribution in [0.15, 0.2) is 71.8 Å². The van der Waals surface area contributed by atoms with Gasteiger partial charge in [-0.3, -0.25) is 14.0 Å². The molecule has 0 bridgehead atoms. The SMILES string of the molecule is C[C@H](N)c1cc2cccc(C#Cc3cnn(C)c3)c2c(=O)n1-c1ccccc1. The molecule has 0 amide bonds. The number of nitrogens with zero attached hydrogens (tertiary/aromatic N) is 3. The van der Waals surface area contributed by atoms with Crippen LogP contribution in [0.2, 0.25) is 0 Å². The molecule has 4 aromatic rings. The molecule has 28 heavy (non-hydrogen) atoms. The third kappa shape index (κ3) is 3.22. The van der Waals surface area contributed by atoms with Crippen LogP contribution < -0.4 is 11.3 Å². The highest BCUT2D eigenvalue weighted by atomic mass is 16.1. The molecule has 0 aliphatic heterocycles. The molecule has 0 saturated carbocycles. The first-order chi connectivity index (χ1) is 13.5. The second-order valence-corrected chi connectivity index (χ2v) is 6.76. The number of fused-ring (bicyclic) bond motifs is 1. The van der Waals surface area contributed by atoms with E-state index in [4.69, 9.17) is 5.73 Å². The fourth-order valence-corrected chi connectivity index (χ4v) is 3.29. The van der Waals surface area contributed by atoms with E-state index in [-0.39, 0.29) is 11.6 Å². The van der Waals surface area contributed by atoms with E-state index in [2.05, 4.69) is 16.9 Å². The van der Waals surface area contributed by atoms with Gasteiger partial charge in [0.2, 0.25) is 0 Å². The topological polar surface area (TPSA) is 65.8 Å². The summed E-state index contributed by atoms with van der Waals surface area (Å²) in [6.45, 7) is 1.88. The average Bonchev–Trinajstić information content (AvgIpc) is 3.11. The highest BCUT2D eigenvalue weighted by molar-refractivity contribution is 5.88. The van der Waals surface area contributed by atoms with Crippen LogP contribution in [-0.4, -0.2) is 14.3 Å². The molecular formula is C23H20N4O. The number of benzene rings is 2. The normalized spacial score (nSPS) is 11.8. The number of pyridine rings is 1. The number of nitrogens with two attached hydrogens (primary N) is 1. The summed E-state index contributed by atoms with van der Waals surface area (Å²) >= 11 is 0. The van der Waals surface area contributed by atoms with Crippen molar-refractivity contribution in [1.82, 2.24) is 14.3 Å². The van der Waals surface area contributed by atoms with Gasteiger partial charge in [-0.1, -0.05) is 42.2 Å². The molecule has 2 aromatic carbocycles. The van der Waals surface area contributed by atoms with E-state index >= 15 is 0 Å². The van der Waals surface area contributed by atoms with Crippen LogP contribution >= 0.6 is 0 Å². The van der Waals surface area contributed by atoms with E-state index in [1.165, 1.54) is 0 Å². The summed E-state index contributed by atoms with van der Waals surface area (Å²) in [7, 11) is 1.84. The molecule has 0 aliphatic carbocycles. The van der Waals surface area contributed by atoms with E-state index in [1.807, 2.05) is 74.8 Å². The number of hydrogen-bond donors (Lipinski definition) is 1. The summed E-state index contributed by atoms with van der Waals surface area (Å²) in [5, 5.41) is 5.55. The van der Waals surface area contributed by atoms with Crippen LogP contribution in [0.4, 0.5) is 0 Å². The van der Waals surface area contributed by atoms with Gasteiger partial charge in [-0.05, 0) is 36.6 Å². The number of aryl methyl sites for hydroxylation is 1. The first-order valence-corrected chi connectivity index (χ1v) is 9.05. The molecule has 0 spiro atoms. The molecule has 0 saturated heterocycles. The lowest BCUT2D eigenvalue weighted by molar-refractivity contribution is 0.734. The molecule has 5 heteroatoms. The van der Waals surface area contributed by atoms with E-state index in [9.17, 15) is 4.79 Å². The molecule has 138 valence electrons. The summed E-state index contributed by atoms with van der Waals surface area (Å²) in [5.74, 6) is 6.23. The van der Waals surface area contributed by atoms with Gasteiger partial charge in [0, 0.05) is 36.2 Å². The Morgan fingerprint density at radius 2 is 1.86 bits per heavy atom. The maximum Gasteiger partial charge on any atom is 0.264 e. The first-order valence-electron chi connectivity index (χ1n) is 9.05. The summed E-state index contributed by atoms with van der Waals surface area (Å²) in [6, 6.07) is 16.9. The van der Waals surface area contributed by atoms with Gasteiger partial charge in [-0.2, -0.15) is 5.10 Å². The summed E-state index contributed by atoms with van der Waals surface area (Å²) < 4.78 is 3.38. The monoisotopic (exact) mass is 368 g/mol. The second-order valence-electron chi connectivity index (χ2n) is 6.76. The molecule has 5 nitrogen and oxygen atoms in total. The molecule has 2 heterocycles. The molecule has 0 radical (unpaired) electrons. The van der Waals surface area contributed by atoms with Crippen molar-refractivity contribution in [3.05, 3.63) is 94.2 Å². The second kappa shape index (κ2) is 7.18. The Hall–Kier alpha value is -3.62. The Balaban J connectivity index is 2.00. The lowest BCUT2D eigenvalue weighted by Crippen LogP contribution is -2.26. The van der Waals surface area contributed by atoms with E-state index in [1.54, 1.807) is 15.4 Å². The molecule has 1 atom stereocenters. The fraction of sp³-hybridized carbons (Fsp3) is 0.130. The predicted octanol–water partition coefficient (Wildman–Crippen LogP) is 3.14. The Labute approximate surface area is 163 Å². The zero-order valence-corrected chi connectivity index (χ0v) is 15.8. The number of para-hydroxylation sites is 1. The van der Waals surface area contributed by atoms with Crippen molar-refractivity contribution in [3.63, 3.8) is 0 Å². The molecule has 0 unspecified atom stereocenters. The third-order valence-electron chi connectivity index (χ3n) is 4.60. The minimum absolute atomic E-state index is 0.118. The van der Waals surface area contributed by atoms with E-state index in [0.717, 1.165) is 22.3 Å². The van der Waals surface area contributed by atoms with Crippen LogP contribution in [0.1, 0.15) is 29.8 Å². The standard InChI is InChI=1S/C23H20N4O/c1-16(24)21-13-19-8-6-7-18(12-11-17-14-25-26(2)15-17)22(19)23(28)27(21)20-9-4-3-5-10-20/h3-10,13-16H,24H2,1-2H3/t16-/m0/s1. The van der Waals surface area contributed by atoms with Crippen molar-refractivity contribution < 1.29 is 0 Å². The van der Waals surface area contributed by atoms with Crippen LogP contribution in [0.3, 0.4) is 0 Å². The van der Waals surface area contributed by atoms with Crippen molar-refractivity contribution in [3.8, 4) is 17.5 Å². The van der Waals surface area contributed by atoms with Gasteiger partial charge < -0.3 is 5.73 Å². The Morgan fingerprint density at radius 3 is 2.54 bits per heavy atom. The number of aromatic nitrogens is 3. The van der Waals surface area contributed by atoms with Crippen molar-refractivity contribution >= 4 is 10.8 Å². The summed E-state index contributed by atoms with van der Waals surface area (Å²) in [6.07, 6.45) is 3.54. The number of hydrogen-bond acceptors (Lipinski definition) is 3. The fourth-order valence-electron chi connectivity index (χ4n) is 3.29. The van der Waals surface area contributed by atoms with Crippen LogP contribution in [0, 0.1) is 11.8 Å². The van der Waals surface area contributed by atoms with Crippen molar-refractivity contribution in [2.24, 2.45) is 12.8 Å². The lowest BCUT2D eigenvalue weighted by atomic mass is 10.0. The van der Waals surface area contributed by atoms with Gasteiger partial charge in [-0.25, -0.2) is 0 Å². The largest absolute Gasteiger partial charge is 0.323 e. The lowest BCUT2D eigenvalue weighted by Gasteiger charge is -2.17. The molecule has 4 rings (SSSR count). The zero-order chi connectivity index (χ0) is 19.7.